The number of nitrogens with one attached hydrogen (secondary N) is 2. The summed E-state index contributed by atoms with van der Waals surface area (Å²) < 4.78 is 39.7. The first-order valence-corrected chi connectivity index (χ1v) is 9.71. The molecule has 0 radical (unpaired) electrons. The zero-order chi connectivity index (χ0) is 19.2. The fraction of sp³-hybridized carbons (Fsp3) is 0.278. The van der Waals surface area contributed by atoms with E-state index in [9.17, 15) is 17.6 Å². The van der Waals surface area contributed by atoms with Crippen molar-refractivity contribution in [3.8, 4) is 0 Å². The number of para-hydroxylation sites is 1. The standard InChI is InChI=1S/C18H22FN3O3S/c1-3-22(4-2)26(24,25)15-11-9-14(10-12-15)20-13-18(23)21-17-8-6-5-7-16(17)19/h5-12,20H,3-4,13H2,1-2H3,(H,21,23). The van der Waals surface area contributed by atoms with E-state index in [1.165, 1.54) is 34.6 Å². The third kappa shape index (κ3) is 4.80. The van der Waals surface area contributed by atoms with Crippen LogP contribution in [0.4, 0.5) is 15.8 Å². The summed E-state index contributed by atoms with van der Waals surface area (Å²) in [7, 11) is -3.51. The molecular weight excluding hydrogens is 357 g/mol. The molecule has 6 nitrogen and oxygen atoms in total. The highest BCUT2D eigenvalue weighted by Gasteiger charge is 2.21. The molecule has 0 aliphatic rings. The largest absolute Gasteiger partial charge is 0.376 e. The van der Waals surface area contributed by atoms with Gasteiger partial charge in [-0.3, -0.25) is 4.79 Å². The zero-order valence-electron chi connectivity index (χ0n) is 14.7. The van der Waals surface area contributed by atoms with Crippen molar-refractivity contribution in [2.75, 3.05) is 30.3 Å². The maximum Gasteiger partial charge on any atom is 0.243 e. The van der Waals surface area contributed by atoms with Crippen LogP contribution in [0.1, 0.15) is 13.8 Å². The van der Waals surface area contributed by atoms with Crippen molar-refractivity contribution in [2.24, 2.45) is 0 Å². The molecule has 0 spiro atoms. The van der Waals surface area contributed by atoms with Crippen molar-refractivity contribution in [1.29, 1.82) is 0 Å². The van der Waals surface area contributed by atoms with E-state index in [-0.39, 0.29) is 17.1 Å². The second kappa shape index (κ2) is 8.77. The summed E-state index contributed by atoms with van der Waals surface area (Å²) in [5.41, 5.74) is 0.701. The van der Waals surface area contributed by atoms with Gasteiger partial charge in [0.15, 0.2) is 0 Å². The van der Waals surface area contributed by atoms with E-state index in [0.717, 1.165) is 0 Å². The Morgan fingerprint density at radius 1 is 1.04 bits per heavy atom. The maximum absolute atomic E-state index is 13.5. The Morgan fingerprint density at radius 3 is 2.23 bits per heavy atom. The van der Waals surface area contributed by atoms with Gasteiger partial charge < -0.3 is 10.6 Å². The predicted molar refractivity (Wildman–Crippen MR) is 100 cm³/mol. The van der Waals surface area contributed by atoms with Gasteiger partial charge in [-0.15, -0.1) is 0 Å². The smallest absolute Gasteiger partial charge is 0.243 e. The average molecular weight is 379 g/mol. The van der Waals surface area contributed by atoms with Crippen LogP contribution < -0.4 is 10.6 Å². The summed E-state index contributed by atoms with van der Waals surface area (Å²) in [5, 5.41) is 5.34. The summed E-state index contributed by atoms with van der Waals surface area (Å²) >= 11 is 0. The van der Waals surface area contributed by atoms with E-state index in [0.29, 0.717) is 18.8 Å². The third-order valence-corrected chi connectivity index (χ3v) is 5.86. The van der Waals surface area contributed by atoms with Gasteiger partial charge in [0.05, 0.1) is 17.1 Å². The molecule has 0 heterocycles. The van der Waals surface area contributed by atoms with Crippen LogP contribution in [0.15, 0.2) is 53.4 Å². The Hall–Kier alpha value is -2.45. The lowest BCUT2D eigenvalue weighted by atomic mass is 10.3. The van der Waals surface area contributed by atoms with Gasteiger partial charge >= 0.3 is 0 Å². The highest BCUT2D eigenvalue weighted by Crippen LogP contribution is 2.18. The Balaban J connectivity index is 1.97. The number of carbonyl (C=O) groups excluding carboxylic acids is 1. The number of hydrogen-bond donors (Lipinski definition) is 2. The van der Waals surface area contributed by atoms with E-state index < -0.39 is 21.7 Å². The van der Waals surface area contributed by atoms with Crippen molar-refractivity contribution >= 4 is 27.3 Å². The van der Waals surface area contributed by atoms with Crippen LogP contribution in [-0.4, -0.2) is 38.3 Å². The van der Waals surface area contributed by atoms with Crippen LogP contribution in [-0.2, 0) is 14.8 Å². The summed E-state index contributed by atoms with van der Waals surface area (Å²) in [5.74, 6) is -0.915. The fourth-order valence-corrected chi connectivity index (χ4v) is 3.85. The number of hydrogen-bond acceptors (Lipinski definition) is 4. The number of rotatable bonds is 8. The molecule has 26 heavy (non-hydrogen) atoms. The Labute approximate surface area is 153 Å². The number of halogens is 1. The van der Waals surface area contributed by atoms with Crippen LogP contribution in [0.25, 0.3) is 0 Å². The van der Waals surface area contributed by atoms with Crippen LogP contribution in [0, 0.1) is 5.82 Å². The minimum Gasteiger partial charge on any atom is -0.376 e. The first-order valence-electron chi connectivity index (χ1n) is 8.27. The molecule has 0 aromatic heterocycles. The van der Waals surface area contributed by atoms with E-state index in [1.807, 2.05) is 0 Å². The molecule has 1 amide bonds. The number of carbonyl (C=O) groups is 1. The number of anilines is 2. The lowest BCUT2D eigenvalue weighted by molar-refractivity contribution is -0.114. The lowest BCUT2D eigenvalue weighted by Crippen LogP contribution is -2.30. The zero-order valence-corrected chi connectivity index (χ0v) is 15.5. The van der Waals surface area contributed by atoms with Gasteiger partial charge in [-0.1, -0.05) is 26.0 Å². The second-order valence-electron chi connectivity index (χ2n) is 5.50. The van der Waals surface area contributed by atoms with Crippen LogP contribution >= 0.6 is 0 Å². The van der Waals surface area contributed by atoms with E-state index in [1.54, 1.807) is 32.0 Å². The van der Waals surface area contributed by atoms with Gasteiger partial charge in [-0.25, -0.2) is 12.8 Å². The summed E-state index contributed by atoms with van der Waals surface area (Å²) in [6, 6.07) is 12.1. The molecule has 2 aromatic carbocycles. The molecule has 0 bridgehead atoms. The number of sulfonamides is 1. The van der Waals surface area contributed by atoms with E-state index >= 15 is 0 Å². The molecular formula is C18H22FN3O3S. The Kier molecular flexibility index (Phi) is 6.70. The van der Waals surface area contributed by atoms with Gasteiger partial charge in [-0.05, 0) is 36.4 Å². The average Bonchev–Trinajstić information content (AvgIpc) is 2.63. The molecule has 0 saturated heterocycles. The molecule has 140 valence electrons. The lowest BCUT2D eigenvalue weighted by Gasteiger charge is -2.18. The highest BCUT2D eigenvalue weighted by molar-refractivity contribution is 7.89. The van der Waals surface area contributed by atoms with Gasteiger partial charge in [0, 0.05) is 18.8 Å². The SMILES string of the molecule is CCN(CC)S(=O)(=O)c1ccc(NCC(=O)Nc2ccccc2F)cc1. The summed E-state index contributed by atoms with van der Waals surface area (Å²) in [6.07, 6.45) is 0. The molecule has 0 atom stereocenters. The van der Waals surface area contributed by atoms with Crippen molar-refractivity contribution < 1.29 is 17.6 Å². The Morgan fingerprint density at radius 2 is 1.65 bits per heavy atom. The predicted octanol–water partition coefficient (Wildman–Crippen LogP) is 2.91. The molecule has 8 heteroatoms. The van der Waals surface area contributed by atoms with Gasteiger partial charge in [0.25, 0.3) is 0 Å². The molecule has 0 saturated carbocycles. The Bertz CT molecular complexity index is 850. The van der Waals surface area contributed by atoms with Crippen LogP contribution in [0.2, 0.25) is 0 Å². The van der Waals surface area contributed by atoms with Crippen molar-refractivity contribution in [2.45, 2.75) is 18.7 Å². The molecule has 2 rings (SSSR count). The molecule has 0 aliphatic heterocycles. The molecule has 2 aromatic rings. The number of amides is 1. The van der Waals surface area contributed by atoms with Crippen LogP contribution in [0.5, 0.6) is 0 Å². The molecule has 0 unspecified atom stereocenters. The summed E-state index contributed by atoms with van der Waals surface area (Å²) in [6.45, 7) is 4.29. The van der Waals surface area contributed by atoms with E-state index in [2.05, 4.69) is 10.6 Å². The third-order valence-electron chi connectivity index (χ3n) is 3.80. The quantitative estimate of drug-likeness (QED) is 0.739. The maximum atomic E-state index is 13.5. The number of nitrogens with zero attached hydrogens (tertiary/aromatic N) is 1. The molecule has 2 N–H and O–H groups in total. The second-order valence-corrected chi connectivity index (χ2v) is 7.43. The summed E-state index contributed by atoms with van der Waals surface area (Å²) in [4.78, 5) is 12.1. The number of benzene rings is 2. The van der Waals surface area contributed by atoms with Gasteiger partial charge in [-0.2, -0.15) is 4.31 Å². The normalized spacial score (nSPS) is 11.4. The highest BCUT2D eigenvalue weighted by atomic mass is 32.2. The monoisotopic (exact) mass is 379 g/mol. The van der Waals surface area contributed by atoms with Crippen molar-refractivity contribution in [1.82, 2.24) is 4.31 Å². The van der Waals surface area contributed by atoms with Gasteiger partial charge in [0.2, 0.25) is 15.9 Å². The van der Waals surface area contributed by atoms with Gasteiger partial charge in [0.1, 0.15) is 5.82 Å². The fourth-order valence-electron chi connectivity index (χ4n) is 2.40. The van der Waals surface area contributed by atoms with E-state index in [4.69, 9.17) is 0 Å². The minimum atomic E-state index is -3.51. The molecule has 0 fully saturated rings. The van der Waals surface area contributed by atoms with Crippen molar-refractivity contribution in [3.63, 3.8) is 0 Å². The minimum absolute atomic E-state index is 0.0729. The first-order chi connectivity index (χ1) is 12.4. The van der Waals surface area contributed by atoms with Crippen LogP contribution in [0.3, 0.4) is 0 Å². The van der Waals surface area contributed by atoms with Crippen molar-refractivity contribution in [3.05, 3.63) is 54.3 Å². The first kappa shape index (κ1) is 19.9. The molecule has 0 aliphatic carbocycles. The topological polar surface area (TPSA) is 78.5 Å².